The first kappa shape index (κ1) is 16.7. The van der Waals surface area contributed by atoms with E-state index in [-0.39, 0.29) is 50.7 Å². The number of halogens is 2. The molecule has 3 heteroatoms. The minimum absolute atomic E-state index is 0. The molecule has 0 radical (unpaired) electrons. The largest absolute Gasteiger partial charge is 0.154 e. The van der Waals surface area contributed by atoms with Crippen molar-refractivity contribution < 1.29 is 25.8 Å². The Labute approximate surface area is 116 Å². The summed E-state index contributed by atoms with van der Waals surface area (Å²) in [5.74, 6) is 0. The molecule has 0 aromatic heterocycles. The van der Waals surface area contributed by atoms with Gasteiger partial charge in [-0.2, -0.15) is 5.56 Å². The fourth-order valence-electron chi connectivity index (χ4n) is 1.52. The smallest absolute Gasteiger partial charge is 0 e. The van der Waals surface area contributed by atoms with Gasteiger partial charge in [-0.25, -0.2) is 0 Å². The van der Waals surface area contributed by atoms with Crippen LogP contribution in [0, 0.1) is 13.8 Å². The molecule has 0 bridgehead atoms. The zero-order valence-electron chi connectivity index (χ0n) is 8.20. The van der Waals surface area contributed by atoms with Crippen molar-refractivity contribution in [2.45, 2.75) is 13.8 Å². The summed E-state index contributed by atoms with van der Waals surface area (Å²) >= 11 is 0. The van der Waals surface area contributed by atoms with Gasteiger partial charge in [0.05, 0.1) is 0 Å². The minimum Gasteiger partial charge on any atom is -0.154 e. The number of fused-ring (bicyclic) bond motifs is 1. The van der Waals surface area contributed by atoms with Crippen LogP contribution >= 0.6 is 24.8 Å². The van der Waals surface area contributed by atoms with Gasteiger partial charge in [0.1, 0.15) is 0 Å². The molecule has 0 atom stereocenters. The maximum absolute atomic E-state index is 2.24. The summed E-state index contributed by atoms with van der Waals surface area (Å²) < 4.78 is 0. The van der Waals surface area contributed by atoms with E-state index in [4.69, 9.17) is 0 Å². The second-order valence-corrected chi connectivity index (χ2v) is 3.04. The first-order valence-corrected chi connectivity index (χ1v) is 3.90. The molecule has 0 saturated carbocycles. The van der Waals surface area contributed by atoms with Crippen LogP contribution in [0.4, 0.5) is 0 Å². The van der Waals surface area contributed by atoms with E-state index in [1.54, 1.807) is 0 Å². The number of benzene rings is 1. The minimum atomic E-state index is 0. The molecule has 0 aliphatic carbocycles. The summed E-state index contributed by atoms with van der Waals surface area (Å²) in [6.45, 7) is 4.34. The van der Waals surface area contributed by atoms with E-state index in [9.17, 15) is 0 Å². The topological polar surface area (TPSA) is 0 Å². The standard InChI is InChI=1S/C11H11.2ClH.Hf/c1-8-7-10-5-3-4-6-11(10)9(8)2;;;/h3-7H,1-2H3;2*1H;/q-1;;;. The van der Waals surface area contributed by atoms with Crippen molar-refractivity contribution in [2.24, 2.45) is 0 Å². The van der Waals surface area contributed by atoms with E-state index in [1.807, 2.05) is 0 Å². The maximum Gasteiger partial charge on any atom is 0 e. The SMILES string of the molecule is Cc1[cH-]c2ccccc2c1C.Cl.Cl.[Hf]. The van der Waals surface area contributed by atoms with Crippen molar-refractivity contribution in [3.05, 3.63) is 41.5 Å². The summed E-state index contributed by atoms with van der Waals surface area (Å²) in [6, 6.07) is 10.8. The summed E-state index contributed by atoms with van der Waals surface area (Å²) in [4.78, 5) is 0. The van der Waals surface area contributed by atoms with Crippen LogP contribution in [0.25, 0.3) is 10.8 Å². The Morgan fingerprint density at radius 2 is 1.57 bits per heavy atom. The number of hydrogen-bond acceptors (Lipinski definition) is 0. The van der Waals surface area contributed by atoms with Gasteiger partial charge in [-0.05, 0) is 0 Å². The van der Waals surface area contributed by atoms with Crippen molar-refractivity contribution in [2.75, 3.05) is 0 Å². The predicted molar refractivity (Wildman–Crippen MR) is 63.5 cm³/mol. The average Bonchev–Trinajstić information content (AvgIpc) is 2.30. The molecule has 14 heavy (non-hydrogen) atoms. The van der Waals surface area contributed by atoms with Crippen molar-refractivity contribution in [3.8, 4) is 0 Å². The van der Waals surface area contributed by atoms with Gasteiger partial charge in [0.2, 0.25) is 0 Å². The molecule has 2 rings (SSSR count). The molecule has 0 aliphatic rings. The fraction of sp³-hybridized carbons (Fsp3) is 0.182. The summed E-state index contributed by atoms with van der Waals surface area (Å²) in [5.41, 5.74) is 2.81. The van der Waals surface area contributed by atoms with Gasteiger partial charge in [-0.15, -0.1) is 65.4 Å². The first-order valence-electron chi connectivity index (χ1n) is 3.90. The number of aryl methyl sites for hydroxylation is 2. The molecular weight excluding hydrogens is 382 g/mol. The third-order valence-electron chi connectivity index (χ3n) is 2.33. The van der Waals surface area contributed by atoms with Gasteiger partial charge >= 0.3 is 0 Å². The van der Waals surface area contributed by atoms with Crippen LogP contribution in [0.1, 0.15) is 11.1 Å². The molecule has 2 aromatic carbocycles. The third kappa shape index (κ3) is 2.88. The van der Waals surface area contributed by atoms with Gasteiger partial charge < -0.3 is 0 Å². The zero-order chi connectivity index (χ0) is 7.84. The summed E-state index contributed by atoms with van der Waals surface area (Å²) in [5, 5.41) is 2.76. The van der Waals surface area contributed by atoms with Crippen molar-refractivity contribution in [3.63, 3.8) is 0 Å². The molecule has 0 unspecified atom stereocenters. The monoisotopic (exact) mass is 395 g/mol. The Morgan fingerprint density at radius 1 is 1.00 bits per heavy atom. The van der Waals surface area contributed by atoms with E-state index in [0.29, 0.717) is 0 Å². The van der Waals surface area contributed by atoms with Crippen LogP contribution < -0.4 is 0 Å². The van der Waals surface area contributed by atoms with E-state index < -0.39 is 0 Å². The Bertz CT molecular complexity index is 393. The molecule has 0 heterocycles. The molecule has 0 fully saturated rings. The molecule has 76 valence electrons. The van der Waals surface area contributed by atoms with Crippen LogP contribution in [-0.4, -0.2) is 0 Å². The average molecular weight is 395 g/mol. The first-order chi connectivity index (χ1) is 5.29. The molecule has 0 N–H and O–H groups in total. The van der Waals surface area contributed by atoms with Crippen molar-refractivity contribution in [1.82, 2.24) is 0 Å². The van der Waals surface area contributed by atoms with Crippen LogP contribution in [0.2, 0.25) is 0 Å². The molecule has 0 aliphatic heterocycles. The predicted octanol–water partition coefficient (Wildman–Crippen LogP) is 4.02. The van der Waals surface area contributed by atoms with E-state index >= 15 is 0 Å². The Hall–Kier alpha value is 0.280. The number of hydrogen-bond donors (Lipinski definition) is 0. The molecule has 0 saturated heterocycles. The van der Waals surface area contributed by atoms with E-state index in [2.05, 4.69) is 44.2 Å². The van der Waals surface area contributed by atoms with Gasteiger partial charge in [0.15, 0.2) is 0 Å². The number of rotatable bonds is 0. The van der Waals surface area contributed by atoms with Crippen molar-refractivity contribution >= 4 is 35.6 Å². The van der Waals surface area contributed by atoms with Crippen LogP contribution in [0.15, 0.2) is 30.3 Å². The van der Waals surface area contributed by atoms with Gasteiger partial charge in [-0.3, -0.25) is 0 Å². The van der Waals surface area contributed by atoms with Gasteiger partial charge in [0, 0.05) is 25.8 Å². The molecule has 0 spiro atoms. The summed E-state index contributed by atoms with van der Waals surface area (Å²) in [7, 11) is 0. The fourth-order valence-corrected chi connectivity index (χ4v) is 1.52. The van der Waals surface area contributed by atoms with Gasteiger partial charge in [0.25, 0.3) is 0 Å². The molecule has 0 nitrogen and oxygen atoms in total. The molecular formula is C11H13Cl2Hf-. The second kappa shape index (κ2) is 6.71. The zero-order valence-corrected chi connectivity index (χ0v) is 13.4. The normalized spacial score (nSPS) is 8.43. The van der Waals surface area contributed by atoms with E-state index in [1.165, 1.54) is 21.9 Å². The van der Waals surface area contributed by atoms with Crippen molar-refractivity contribution in [1.29, 1.82) is 0 Å². The van der Waals surface area contributed by atoms with Crippen LogP contribution in [-0.2, 0) is 25.8 Å². The Balaban J connectivity index is 0. The third-order valence-corrected chi connectivity index (χ3v) is 2.33. The summed E-state index contributed by atoms with van der Waals surface area (Å²) in [6.07, 6.45) is 0. The maximum atomic E-state index is 2.24. The Kier molecular flexibility index (Phi) is 8.00. The van der Waals surface area contributed by atoms with Crippen LogP contribution in [0.3, 0.4) is 0 Å². The second-order valence-electron chi connectivity index (χ2n) is 3.04. The molecule has 0 amide bonds. The quantitative estimate of drug-likeness (QED) is 0.468. The van der Waals surface area contributed by atoms with E-state index in [0.717, 1.165) is 0 Å². The Morgan fingerprint density at radius 3 is 2.14 bits per heavy atom. The molecule has 2 aromatic rings. The van der Waals surface area contributed by atoms with Crippen LogP contribution in [0.5, 0.6) is 0 Å². The van der Waals surface area contributed by atoms with Gasteiger partial charge in [-0.1, -0.05) is 19.9 Å².